The molecule has 0 atom stereocenters. The Hall–Kier alpha value is -0.770. The highest BCUT2D eigenvalue weighted by molar-refractivity contribution is 5.80. The number of rotatable bonds is 3. The second kappa shape index (κ2) is 5.35. The number of guanidine groups is 1. The van der Waals surface area contributed by atoms with Crippen molar-refractivity contribution in [2.45, 2.75) is 52.0 Å². The summed E-state index contributed by atoms with van der Waals surface area (Å²) in [5.74, 6) is 6.74. The highest BCUT2D eigenvalue weighted by atomic mass is 15.3. The second-order valence-corrected chi connectivity index (χ2v) is 5.12. The van der Waals surface area contributed by atoms with Gasteiger partial charge >= 0.3 is 0 Å². The molecule has 0 unspecified atom stereocenters. The number of hydrogen-bond acceptors (Lipinski definition) is 2. The Labute approximate surface area is 92.7 Å². The first-order chi connectivity index (χ1) is 7.06. The molecule has 15 heavy (non-hydrogen) atoms. The minimum Gasteiger partial charge on any atom is -0.350 e. The molecular formula is C11H24N4. The molecule has 1 aliphatic carbocycles. The summed E-state index contributed by atoms with van der Waals surface area (Å²) in [5.41, 5.74) is 2.83. The van der Waals surface area contributed by atoms with Gasteiger partial charge in [0.25, 0.3) is 0 Å². The Morgan fingerprint density at radius 1 is 1.40 bits per heavy atom. The van der Waals surface area contributed by atoms with E-state index < -0.39 is 0 Å². The van der Waals surface area contributed by atoms with Crippen LogP contribution in [-0.4, -0.2) is 18.0 Å². The molecule has 0 aromatic rings. The molecule has 0 heterocycles. The zero-order chi connectivity index (χ0) is 11.3. The van der Waals surface area contributed by atoms with E-state index in [1.807, 2.05) is 0 Å². The van der Waals surface area contributed by atoms with Crippen molar-refractivity contribution < 1.29 is 0 Å². The third-order valence-electron chi connectivity index (χ3n) is 2.88. The van der Waals surface area contributed by atoms with Crippen molar-refractivity contribution in [3.63, 3.8) is 0 Å². The molecule has 0 saturated heterocycles. The Morgan fingerprint density at radius 2 is 2.00 bits per heavy atom. The van der Waals surface area contributed by atoms with E-state index in [4.69, 9.17) is 5.84 Å². The molecule has 0 aromatic carbocycles. The van der Waals surface area contributed by atoms with E-state index in [2.05, 4.69) is 36.5 Å². The van der Waals surface area contributed by atoms with Gasteiger partial charge in [-0.2, -0.15) is 0 Å². The van der Waals surface area contributed by atoms with Crippen molar-refractivity contribution in [2.75, 3.05) is 6.54 Å². The van der Waals surface area contributed by atoms with Crippen LogP contribution >= 0.6 is 0 Å². The van der Waals surface area contributed by atoms with Gasteiger partial charge in [-0.25, -0.2) is 5.84 Å². The largest absolute Gasteiger partial charge is 0.350 e. The first-order valence-electron chi connectivity index (χ1n) is 5.85. The van der Waals surface area contributed by atoms with Crippen molar-refractivity contribution >= 4 is 5.96 Å². The SMILES string of the molecule is CC(C)CN=C(NN)NC1(C)CCCC1. The Balaban J connectivity index is 2.48. The summed E-state index contributed by atoms with van der Waals surface area (Å²) in [6, 6.07) is 0. The molecule has 1 saturated carbocycles. The predicted molar refractivity (Wildman–Crippen MR) is 64.5 cm³/mol. The molecule has 4 nitrogen and oxygen atoms in total. The lowest BCUT2D eigenvalue weighted by Crippen LogP contribution is -2.51. The molecule has 4 heteroatoms. The summed E-state index contributed by atoms with van der Waals surface area (Å²) in [4.78, 5) is 4.42. The monoisotopic (exact) mass is 212 g/mol. The maximum atomic E-state index is 5.45. The fourth-order valence-electron chi connectivity index (χ4n) is 1.96. The van der Waals surface area contributed by atoms with Gasteiger partial charge in [0, 0.05) is 12.1 Å². The number of nitrogens with one attached hydrogen (secondary N) is 2. The first-order valence-corrected chi connectivity index (χ1v) is 5.85. The van der Waals surface area contributed by atoms with Crippen molar-refractivity contribution in [1.29, 1.82) is 0 Å². The lowest BCUT2D eigenvalue weighted by molar-refractivity contribution is 0.424. The van der Waals surface area contributed by atoms with Crippen LogP contribution in [0.15, 0.2) is 4.99 Å². The molecule has 0 aromatic heterocycles. The molecule has 1 rings (SSSR count). The van der Waals surface area contributed by atoms with Crippen LogP contribution in [0.4, 0.5) is 0 Å². The molecule has 1 fully saturated rings. The van der Waals surface area contributed by atoms with Gasteiger partial charge in [0.15, 0.2) is 0 Å². The predicted octanol–water partition coefficient (Wildman–Crippen LogP) is 1.38. The maximum Gasteiger partial charge on any atom is 0.206 e. The van der Waals surface area contributed by atoms with Gasteiger partial charge < -0.3 is 5.32 Å². The van der Waals surface area contributed by atoms with Gasteiger partial charge in [0.1, 0.15) is 0 Å². The molecule has 88 valence electrons. The Kier molecular flexibility index (Phi) is 4.39. The van der Waals surface area contributed by atoms with Crippen LogP contribution in [0, 0.1) is 5.92 Å². The molecule has 4 N–H and O–H groups in total. The summed E-state index contributed by atoms with van der Waals surface area (Å²) in [6.07, 6.45) is 5.00. The van der Waals surface area contributed by atoms with Crippen molar-refractivity contribution in [1.82, 2.24) is 10.7 Å². The standard InChI is InChI=1S/C11H24N4/c1-9(2)8-13-10(15-12)14-11(3)6-4-5-7-11/h9H,4-8,12H2,1-3H3,(H2,13,14,15). The summed E-state index contributed by atoms with van der Waals surface area (Å²) in [7, 11) is 0. The summed E-state index contributed by atoms with van der Waals surface area (Å²) in [6.45, 7) is 7.34. The highest BCUT2D eigenvalue weighted by Gasteiger charge is 2.29. The number of nitrogens with zero attached hydrogens (tertiary/aromatic N) is 1. The minimum atomic E-state index is 0.183. The van der Waals surface area contributed by atoms with Gasteiger partial charge in [0.05, 0.1) is 0 Å². The van der Waals surface area contributed by atoms with Crippen molar-refractivity contribution in [2.24, 2.45) is 16.8 Å². The van der Waals surface area contributed by atoms with E-state index in [-0.39, 0.29) is 5.54 Å². The average Bonchev–Trinajstić information content (AvgIpc) is 2.59. The van der Waals surface area contributed by atoms with E-state index in [0.29, 0.717) is 5.92 Å². The summed E-state index contributed by atoms with van der Waals surface area (Å²) < 4.78 is 0. The fourth-order valence-corrected chi connectivity index (χ4v) is 1.96. The van der Waals surface area contributed by atoms with Crippen molar-refractivity contribution in [3.05, 3.63) is 0 Å². The zero-order valence-electron chi connectivity index (χ0n) is 10.1. The smallest absolute Gasteiger partial charge is 0.206 e. The lowest BCUT2D eigenvalue weighted by Gasteiger charge is -2.27. The van der Waals surface area contributed by atoms with Gasteiger partial charge in [-0.3, -0.25) is 10.4 Å². The molecule has 0 spiro atoms. The molecule has 0 amide bonds. The van der Waals surface area contributed by atoms with E-state index in [0.717, 1.165) is 12.5 Å². The normalized spacial score (nSPS) is 20.7. The van der Waals surface area contributed by atoms with E-state index >= 15 is 0 Å². The van der Waals surface area contributed by atoms with E-state index in [1.54, 1.807) is 0 Å². The zero-order valence-corrected chi connectivity index (χ0v) is 10.1. The van der Waals surface area contributed by atoms with Gasteiger partial charge in [0.2, 0.25) is 5.96 Å². The molecule has 0 radical (unpaired) electrons. The maximum absolute atomic E-state index is 5.45. The number of hydrazine groups is 1. The quantitative estimate of drug-likeness (QED) is 0.287. The first kappa shape index (κ1) is 12.3. The molecule has 0 aliphatic heterocycles. The lowest BCUT2D eigenvalue weighted by atomic mass is 10.0. The molecule has 0 bridgehead atoms. The molecular weight excluding hydrogens is 188 g/mol. The van der Waals surface area contributed by atoms with Crippen LogP contribution in [-0.2, 0) is 0 Å². The van der Waals surface area contributed by atoms with Crippen LogP contribution in [0.1, 0.15) is 46.5 Å². The Bertz CT molecular complexity index is 217. The van der Waals surface area contributed by atoms with Gasteiger partial charge in [-0.05, 0) is 25.7 Å². The summed E-state index contributed by atoms with van der Waals surface area (Å²) in [5, 5.41) is 3.41. The topological polar surface area (TPSA) is 62.4 Å². The molecule has 1 aliphatic rings. The third kappa shape index (κ3) is 4.08. The highest BCUT2D eigenvalue weighted by Crippen LogP contribution is 2.28. The fraction of sp³-hybridized carbons (Fsp3) is 0.909. The second-order valence-electron chi connectivity index (χ2n) is 5.12. The van der Waals surface area contributed by atoms with Crippen LogP contribution in [0.2, 0.25) is 0 Å². The van der Waals surface area contributed by atoms with Gasteiger partial charge in [-0.15, -0.1) is 0 Å². The Morgan fingerprint density at radius 3 is 2.47 bits per heavy atom. The van der Waals surface area contributed by atoms with Crippen LogP contribution in [0.25, 0.3) is 0 Å². The van der Waals surface area contributed by atoms with E-state index in [1.165, 1.54) is 25.7 Å². The van der Waals surface area contributed by atoms with Crippen LogP contribution in [0.5, 0.6) is 0 Å². The average molecular weight is 212 g/mol. The summed E-state index contributed by atoms with van der Waals surface area (Å²) >= 11 is 0. The van der Waals surface area contributed by atoms with Crippen LogP contribution in [0.3, 0.4) is 0 Å². The number of nitrogens with two attached hydrogens (primary N) is 1. The van der Waals surface area contributed by atoms with Gasteiger partial charge in [-0.1, -0.05) is 26.7 Å². The van der Waals surface area contributed by atoms with E-state index in [9.17, 15) is 0 Å². The van der Waals surface area contributed by atoms with Crippen LogP contribution < -0.4 is 16.6 Å². The minimum absolute atomic E-state index is 0.183. The number of aliphatic imine (C=N–C) groups is 1. The van der Waals surface area contributed by atoms with Crippen molar-refractivity contribution in [3.8, 4) is 0 Å². The number of hydrogen-bond donors (Lipinski definition) is 3. The third-order valence-corrected chi connectivity index (χ3v) is 2.88.